The average molecular weight is 723 g/mol. The maximum atomic E-state index is 12.8. The lowest BCUT2D eigenvalue weighted by Gasteiger charge is -2.44. The van der Waals surface area contributed by atoms with Crippen molar-refractivity contribution in [3.63, 3.8) is 0 Å². The van der Waals surface area contributed by atoms with E-state index in [1.165, 1.54) is 0 Å². The number of ether oxygens (including phenoxy) is 2. The van der Waals surface area contributed by atoms with E-state index in [0.717, 1.165) is 46.5 Å². The predicted molar refractivity (Wildman–Crippen MR) is 212 cm³/mol. The molecule has 2 unspecified atom stereocenters. The molecule has 52 heavy (non-hydrogen) atoms. The molecule has 8 nitrogen and oxygen atoms in total. The zero-order chi connectivity index (χ0) is 39.4. The van der Waals surface area contributed by atoms with Crippen LogP contribution in [0.4, 0.5) is 0 Å². The summed E-state index contributed by atoms with van der Waals surface area (Å²) < 4.78 is 11.4. The van der Waals surface area contributed by atoms with Crippen LogP contribution < -0.4 is 0 Å². The van der Waals surface area contributed by atoms with Gasteiger partial charge in [0.05, 0.1) is 0 Å². The van der Waals surface area contributed by atoms with Crippen molar-refractivity contribution in [2.45, 2.75) is 156 Å². The van der Waals surface area contributed by atoms with E-state index in [4.69, 9.17) is 9.47 Å². The molecule has 2 atom stereocenters. The Kier molecular flexibility index (Phi) is 14.1. The van der Waals surface area contributed by atoms with Crippen molar-refractivity contribution < 1.29 is 29.3 Å². The SMILES string of the molecule is CC1CN(CCOC(=O)CCc2cc(C(C)(C)C)c(O)c(C(C)(C)C)c2)C(C)CN1CCOC(=O)CCc1cc(C(C)(C)C)c(O)c(C(C)(C)C)c1. The summed E-state index contributed by atoms with van der Waals surface area (Å²) in [7, 11) is 0. The fourth-order valence-corrected chi connectivity index (χ4v) is 7.05. The molecule has 2 aromatic carbocycles. The summed E-state index contributed by atoms with van der Waals surface area (Å²) in [6.45, 7) is 33.2. The Hall–Kier alpha value is -3.10. The van der Waals surface area contributed by atoms with Crippen molar-refractivity contribution in [3.8, 4) is 11.5 Å². The Morgan fingerprint density at radius 2 is 0.846 bits per heavy atom. The number of esters is 2. The molecule has 1 heterocycles. The number of carbonyl (C=O) groups is 2. The number of hydrogen-bond acceptors (Lipinski definition) is 8. The first-order valence-corrected chi connectivity index (χ1v) is 19.3. The first-order chi connectivity index (χ1) is 23.8. The summed E-state index contributed by atoms with van der Waals surface area (Å²) >= 11 is 0. The van der Waals surface area contributed by atoms with Gasteiger partial charge in [-0.3, -0.25) is 19.4 Å². The topological polar surface area (TPSA) is 99.5 Å². The number of hydrogen-bond donors (Lipinski definition) is 2. The summed E-state index contributed by atoms with van der Waals surface area (Å²) in [4.78, 5) is 30.2. The second-order valence-electron chi connectivity index (χ2n) is 19.2. The third kappa shape index (κ3) is 12.0. The number of carbonyl (C=O) groups excluding carboxylic acids is 2. The summed E-state index contributed by atoms with van der Waals surface area (Å²) in [5, 5.41) is 22.0. The molecule has 0 amide bonds. The van der Waals surface area contributed by atoms with Gasteiger partial charge in [-0.25, -0.2) is 0 Å². The normalized spacial score (nSPS) is 18.0. The van der Waals surface area contributed by atoms with Crippen LogP contribution in [0.25, 0.3) is 0 Å². The van der Waals surface area contributed by atoms with Gasteiger partial charge < -0.3 is 19.7 Å². The fraction of sp³-hybridized carbons (Fsp3) is 0.682. The smallest absolute Gasteiger partial charge is 0.306 e. The summed E-state index contributed by atoms with van der Waals surface area (Å²) in [6.07, 6.45) is 1.71. The van der Waals surface area contributed by atoms with E-state index >= 15 is 0 Å². The average Bonchev–Trinajstić information content (AvgIpc) is 2.99. The highest BCUT2D eigenvalue weighted by Crippen LogP contribution is 2.41. The van der Waals surface area contributed by atoms with Gasteiger partial charge in [0.1, 0.15) is 24.7 Å². The summed E-state index contributed by atoms with van der Waals surface area (Å²) in [6, 6.07) is 8.68. The van der Waals surface area contributed by atoms with Gasteiger partial charge in [-0.1, -0.05) is 107 Å². The molecule has 292 valence electrons. The van der Waals surface area contributed by atoms with Gasteiger partial charge in [0.2, 0.25) is 0 Å². The standard InChI is InChI=1S/C44H70N2O6/c1-29-27-46(20-22-52-38(48)18-16-32-25-35(43(9,10)11)40(50)36(26-32)44(12,13)14)30(2)28-45(29)19-21-51-37(47)17-15-31-23-33(41(3,4)5)39(49)34(24-31)42(6,7)8/h23-26,29-30,49-50H,15-22,27-28H2,1-14H3. The van der Waals surface area contributed by atoms with Crippen LogP contribution in [0, 0.1) is 0 Å². The lowest BCUT2D eigenvalue weighted by Crippen LogP contribution is -2.57. The fourth-order valence-electron chi connectivity index (χ4n) is 7.05. The van der Waals surface area contributed by atoms with Gasteiger partial charge in [0.15, 0.2) is 0 Å². The molecule has 0 bridgehead atoms. The zero-order valence-electron chi connectivity index (χ0n) is 35.0. The van der Waals surface area contributed by atoms with E-state index in [0.29, 0.717) is 63.5 Å². The molecule has 0 aliphatic carbocycles. The van der Waals surface area contributed by atoms with Crippen LogP contribution in [0.2, 0.25) is 0 Å². The number of phenols is 2. The van der Waals surface area contributed by atoms with Crippen molar-refractivity contribution in [2.75, 3.05) is 39.4 Å². The van der Waals surface area contributed by atoms with E-state index in [1.54, 1.807) is 0 Å². The molecule has 1 fully saturated rings. The molecule has 1 saturated heterocycles. The van der Waals surface area contributed by atoms with Crippen LogP contribution in [0.3, 0.4) is 0 Å². The van der Waals surface area contributed by atoms with Gasteiger partial charge in [0.25, 0.3) is 0 Å². The molecule has 0 radical (unpaired) electrons. The minimum absolute atomic E-state index is 0.210. The van der Waals surface area contributed by atoms with Crippen LogP contribution in [-0.2, 0) is 53.6 Å². The number of nitrogens with zero attached hydrogens (tertiary/aromatic N) is 2. The van der Waals surface area contributed by atoms with Crippen molar-refractivity contribution in [1.82, 2.24) is 9.80 Å². The number of rotatable bonds is 12. The van der Waals surface area contributed by atoms with Crippen LogP contribution in [0.5, 0.6) is 11.5 Å². The molecule has 0 spiro atoms. The van der Waals surface area contributed by atoms with E-state index < -0.39 is 0 Å². The first kappa shape index (κ1) is 43.3. The first-order valence-electron chi connectivity index (χ1n) is 19.3. The Morgan fingerprint density at radius 3 is 1.10 bits per heavy atom. The largest absolute Gasteiger partial charge is 0.507 e. The third-order valence-electron chi connectivity index (χ3n) is 10.3. The number of aromatic hydroxyl groups is 2. The molecular formula is C44H70N2O6. The zero-order valence-corrected chi connectivity index (χ0v) is 35.0. The van der Waals surface area contributed by atoms with E-state index in [9.17, 15) is 19.8 Å². The number of phenolic OH excluding ortho intramolecular Hbond substituents is 2. The molecule has 8 heteroatoms. The van der Waals surface area contributed by atoms with Crippen LogP contribution in [0.15, 0.2) is 24.3 Å². The quantitative estimate of drug-likeness (QED) is 0.211. The van der Waals surface area contributed by atoms with Crippen LogP contribution in [0.1, 0.15) is 143 Å². The monoisotopic (exact) mass is 723 g/mol. The highest BCUT2D eigenvalue weighted by Gasteiger charge is 2.30. The van der Waals surface area contributed by atoms with Gasteiger partial charge in [-0.05, 0) is 81.7 Å². The number of piperazine rings is 1. The maximum Gasteiger partial charge on any atom is 0.306 e. The minimum atomic E-state index is -0.216. The highest BCUT2D eigenvalue weighted by atomic mass is 16.5. The molecule has 3 rings (SSSR count). The molecule has 1 aliphatic heterocycles. The van der Waals surface area contributed by atoms with Crippen molar-refractivity contribution in [3.05, 3.63) is 57.6 Å². The summed E-state index contributed by atoms with van der Waals surface area (Å²) in [5.41, 5.74) is 4.82. The second kappa shape index (κ2) is 16.9. The van der Waals surface area contributed by atoms with E-state index in [2.05, 4.69) is 107 Å². The Morgan fingerprint density at radius 1 is 0.577 bits per heavy atom. The van der Waals surface area contributed by atoms with E-state index in [1.807, 2.05) is 24.3 Å². The Balaban J connectivity index is 1.44. The number of benzene rings is 2. The lowest BCUT2D eigenvalue weighted by atomic mass is 9.78. The van der Waals surface area contributed by atoms with E-state index in [-0.39, 0.29) is 45.7 Å². The number of aryl methyl sites for hydroxylation is 2. The van der Waals surface area contributed by atoms with Crippen molar-refractivity contribution in [2.24, 2.45) is 0 Å². The van der Waals surface area contributed by atoms with Crippen LogP contribution in [-0.4, -0.2) is 83.4 Å². The summed E-state index contributed by atoms with van der Waals surface area (Å²) in [5.74, 6) is 0.279. The second-order valence-corrected chi connectivity index (χ2v) is 19.2. The molecular weight excluding hydrogens is 652 g/mol. The maximum absolute atomic E-state index is 12.8. The molecule has 0 aromatic heterocycles. The molecule has 0 saturated carbocycles. The molecule has 2 N–H and O–H groups in total. The Labute approximate surface area is 315 Å². The lowest BCUT2D eigenvalue weighted by molar-refractivity contribution is -0.146. The van der Waals surface area contributed by atoms with Gasteiger partial charge in [0, 0.05) is 51.1 Å². The predicted octanol–water partition coefficient (Wildman–Crippen LogP) is 8.33. The van der Waals surface area contributed by atoms with Gasteiger partial charge in [-0.15, -0.1) is 0 Å². The highest BCUT2D eigenvalue weighted by molar-refractivity contribution is 5.70. The van der Waals surface area contributed by atoms with Crippen molar-refractivity contribution in [1.29, 1.82) is 0 Å². The minimum Gasteiger partial charge on any atom is -0.507 e. The van der Waals surface area contributed by atoms with Crippen LogP contribution >= 0.6 is 0 Å². The third-order valence-corrected chi connectivity index (χ3v) is 10.3. The Bertz CT molecular complexity index is 1350. The van der Waals surface area contributed by atoms with Gasteiger partial charge in [-0.2, -0.15) is 0 Å². The van der Waals surface area contributed by atoms with Gasteiger partial charge >= 0.3 is 11.9 Å². The molecule has 1 aliphatic rings. The molecule has 2 aromatic rings. The van der Waals surface area contributed by atoms with Crippen molar-refractivity contribution >= 4 is 11.9 Å².